The highest BCUT2D eigenvalue weighted by Gasteiger charge is 2.19. The molecule has 7 heteroatoms. The second-order valence-electron chi connectivity index (χ2n) is 8.66. The fraction of sp³-hybridized carbons (Fsp3) is 0.625. The lowest BCUT2D eigenvalue weighted by Crippen LogP contribution is -2.43. The molecule has 3 amide bonds. The first-order chi connectivity index (χ1) is 15.1. The number of carbonyl (C=O) groups excluding carboxylic acids is 2. The molecule has 31 heavy (non-hydrogen) atoms. The van der Waals surface area contributed by atoms with Crippen molar-refractivity contribution in [1.29, 1.82) is 5.26 Å². The summed E-state index contributed by atoms with van der Waals surface area (Å²) < 4.78 is 0. The largest absolute Gasteiger partial charge is 0.341 e. The molecule has 0 atom stereocenters. The van der Waals surface area contributed by atoms with Crippen LogP contribution >= 0.6 is 0 Å². The number of hydrogen-bond donors (Lipinski definition) is 2. The standard InChI is InChI=1S/C24H35N5O2/c25-18-20-9-11-21(12-10-20)19-28-14-5-15-29(17-16-28)23(30)8-4-13-26-24(31)27-22-6-2-1-3-7-22/h9-12,22H,1-8,13-17,19H2,(H2,26,27,31). The Morgan fingerprint density at radius 3 is 2.52 bits per heavy atom. The van der Waals surface area contributed by atoms with Gasteiger partial charge in [-0.3, -0.25) is 9.69 Å². The summed E-state index contributed by atoms with van der Waals surface area (Å²) in [6.07, 6.45) is 7.91. The average molecular weight is 426 g/mol. The lowest BCUT2D eigenvalue weighted by atomic mass is 9.96. The highest BCUT2D eigenvalue weighted by Crippen LogP contribution is 2.17. The van der Waals surface area contributed by atoms with Gasteiger partial charge >= 0.3 is 6.03 Å². The highest BCUT2D eigenvalue weighted by atomic mass is 16.2. The van der Waals surface area contributed by atoms with Crippen molar-refractivity contribution in [1.82, 2.24) is 20.4 Å². The topological polar surface area (TPSA) is 88.5 Å². The Labute approximate surface area is 185 Å². The molecule has 2 N–H and O–H groups in total. The first-order valence-corrected chi connectivity index (χ1v) is 11.7. The number of nitrogens with one attached hydrogen (secondary N) is 2. The molecule has 0 aromatic heterocycles. The van der Waals surface area contributed by atoms with Crippen LogP contribution in [0.3, 0.4) is 0 Å². The molecular weight excluding hydrogens is 390 g/mol. The van der Waals surface area contributed by atoms with E-state index in [9.17, 15) is 9.59 Å². The molecule has 7 nitrogen and oxygen atoms in total. The quantitative estimate of drug-likeness (QED) is 0.658. The molecule has 0 unspecified atom stereocenters. The van der Waals surface area contributed by atoms with E-state index < -0.39 is 0 Å². The molecule has 2 aliphatic rings. The summed E-state index contributed by atoms with van der Waals surface area (Å²) in [5, 5.41) is 14.9. The van der Waals surface area contributed by atoms with Crippen molar-refractivity contribution in [2.75, 3.05) is 32.7 Å². The van der Waals surface area contributed by atoms with Crippen LogP contribution in [0.25, 0.3) is 0 Å². The lowest BCUT2D eigenvalue weighted by Gasteiger charge is -2.23. The van der Waals surface area contributed by atoms with Crippen LogP contribution in [0.4, 0.5) is 4.79 Å². The minimum Gasteiger partial charge on any atom is -0.341 e. The summed E-state index contributed by atoms with van der Waals surface area (Å²) >= 11 is 0. The number of urea groups is 1. The van der Waals surface area contributed by atoms with Crippen LogP contribution in [-0.2, 0) is 11.3 Å². The number of nitriles is 1. The van der Waals surface area contributed by atoms with Gasteiger partial charge in [-0.15, -0.1) is 0 Å². The SMILES string of the molecule is N#Cc1ccc(CN2CCCN(C(=O)CCCNC(=O)NC3CCCCC3)CC2)cc1. The fourth-order valence-electron chi connectivity index (χ4n) is 4.40. The minimum atomic E-state index is -0.104. The molecule has 1 aliphatic heterocycles. The predicted molar refractivity (Wildman–Crippen MR) is 120 cm³/mol. The number of amides is 3. The third kappa shape index (κ3) is 7.87. The average Bonchev–Trinajstić information content (AvgIpc) is 3.03. The van der Waals surface area contributed by atoms with Gasteiger partial charge in [-0.1, -0.05) is 31.4 Å². The van der Waals surface area contributed by atoms with Gasteiger partial charge in [0, 0.05) is 51.7 Å². The van der Waals surface area contributed by atoms with E-state index in [4.69, 9.17) is 5.26 Å². The molecule has 1 heterocycles. The van der Waals surface area contributed by atoms with Crippen molar-refractivity contribution in [3.8, 4) is 6.07 Å². The van der Waals surface area contributed by atoms with Crippen molar-refractivity contribution < 1.29 is 9.59 Å². The van der Waals surface area contributed by atoms with Gasteiger partial charge in [0.05, 0.1) is 11.6 Å². The van der Waals surface area contributed by atoms with Crippen LogP contribution < -0.4 is 10.6 Å². The van der Waals surface area contributed by atoms with Crippen molar-refractivity contribution in [3.05, 3.63) is 35.4 Å². The third-order valence-electron chi connectivity index (χ3n) is 6.22. The number of benzene rings is 1. The molecular formula is C24H35N5O2. The van der Waals surface area contributed by atoms with Gasteiger partial charge in [-0.05, 0) is 43.4 Å². The number of carbonyl (C=O) groups is 2. The van der Waals surface area contributed by atoms with Crippen LogP contribution in [0.15, 0.2) is 24.3 Å². The Morgan fingerprint density at radius 2 is 1.77 bits per heavy atom. The summed E-state index contributed by atoms with van der Waals surface area (Å²) in [4.78, 5) is 28.9. The van der Waals surface area contributed by atoms with E-state index in [1.807, 2.05) is 29.2 Å². The van der Waals surface area contributed by atoms with Crippen LogP contribution in [0.5, 0.6) is 0 Å². The van der Waals surface area contributed by atoms with Crippen molar-refractivity contribution in [2.24, 2.45) is 0 Å². The molecule has 0 bridgehead atoms. The Kier molecular flexibility index (Phi) is 9.16. The first-order valence-electron chi connectivity index (χ1n) is 11.7. The zero-order valence-electron chi connectivity index (χ0n) is 18.4. The Hall–Kier alpha value is -2.59. The maximum atomic E-state index is 12.6. The number of hydrogen-bond acceptors (Lipinski definition) is 4. The van der Waals surface area contributed by atoms with Crippen molar-refractivity contribution in [3.63, 3.8) is 0 Å². The van der Waals surface area contributed by atoms with Gasteiger partial charge in [0.15, 0.2) is 0 Å². The smallest absolute Gasteiger partial charge is 0.315 e. The van der Waals surface area contributed by atoms with E-state index in [1.165, 1.54) is 24.8 Å². The van der Waals surface area contributed by atoms with E-state index in [0.717, 1.165) is 52.0 Å². The molecule has 3 rings (SSSR count). The van der Waals surface area contributed by atoms with E-state index >= 15 is 0 Å². The van der Waals surface area contributed by atoms with Crippen LogP contribution in [0.1, 0.15) is 62.5 Å². The zero-order valence-corrected chi connectivity index (χ0v) is 18.4. The molecule has 1 aliphatic carbocycles. The number of rotatable bonds is 7. The first kappa shape index (κ1) is 23.1. The fourth-order valence-corrected chi connectivity index (χ4v) is 4.40. The van der Waals surface area contributed by atoms with Crippen LogP contribution in [0.2, 0.25) is 0 Å². The maximum absolute atomic E-state index is 12.6. The van der Waals surface area contributed by atoms with Crippen LogP contribution in [0, 0.1) is 11.3 Å². The molecule has 0 radical (unpaired) electrons. The van der Waals surface area contributed by atoms with Gasteiger partial charge < -0.3 is 15.5 Å². The van der Waals surface area contributed by atoms with Gasteiger partial charge in [0.1, 0.15) is 0 Å². The molecule has 1 saturated heterocycles. The number of nitrogens with zero attached hydrogens (tertiary/aromatic N) is 3. The molecule has 0 spiro atoms. The van der Waals surface area contributed by atoms with E-state index in [-0.39, 0.29) is 11.9 Å². The summed E-state index contributed by atoms with van der Waals surface area (Å²) in [6, 6.07) is 10.1. The van der Waals surface area contributed by atoms with E-state index in [2.05, 4.69) is 21.6 Å². The molecule has 168 valence electrons. The summed E-state index contributed by atoms with van der Waals surface area (Å²) in [6.45, 7) is 4.72. The summed E-state index contributed by atoms with van der Waals surface area (Å²) in [7, 11) is 0. The van der Waals surface area contributed by atoms with Gasteiger partial charge in [-0.2, -0.15) is 5.26 Å². The third-order valence-corrected chi connectivity index (χ3v) is 6.22. The molecule has 1 aromatic rings. The van der Waals surface area contributed by atoms with Gasteiger partial charge in [-0.25, -0.2) is 4.79 Å². The summed E-state index contributed by atoms with van der Waals surface area (Å²) in [5.74, 6) is 0.176. The monoisotopic (exact) mass is 425 g/mol. The Bertz CT molecular complexity index is 752. The van der Waals surface area contributed by atoms with Crippen molar-refractivity contribution >= 4 is 11.9 Å². The lowest BCUT2D eigenvalue weighted by molar-refractivity contribution is -0.131. The second kappa shape index (κ2) is 12.3. The highest BCUT2D eigenvalue weighted by molar-refractivity contribution is 5.76. The van der Waals surface area contributed by atoms with Gasteiger partial charge in [0.2, 0.25) is 5.91 Å². The summed E-state index contributed by atoms with van der Waals surface area (Å²) in [5.41, 5.74) is 1.87. The molecule has 1 saturated carbocycles. The molecule has 1 aromatic carbocycles. The van der Waals surface area contributed by atoms with Crippen molar-refractivity contribution in [2.45, 2.75) is 64.0 Å². The normalized spacial score (nSPS) is 18.1. The predicted octanol–water partition coefficient (Wildman–Crippen LogP) is 3.00. The Balaban J connectivity index is 1.31. The zero-order chi connectivity index (χ0) is 21.9. The molecule has 2 fully saturated rings. The maximum Gasteiger partial charge on any atom is 0.315 e. The Morgan fingerprint density at radius 1 is 1.00 bits per heavy atom. The van der Waals surface area contributed by atoms with E-state index in [1.54, 1.807) is 0 Å². The second-order valence-corrected chi connectivity index (χ2v) is 8.66. The van der Waals surface area contributed by atoms with E-state index in [0.29, 0.717) is 31.0 Å². The van der Waals surface area contributed by atoms with Crippen LogP contribution in [-0.4, -0.2) is 60.5 Å². The van der Waals surface area contributed by atoms with Gasteiger partial charge in [0.25, 0.3) is 0 Å². The minimum absolute atomic E-state index is 0.104.